The van der Waals surface area contributed by atoms with Crippen molar-refractivity contribution in [1.82, 2.24) is 0 Å². The molecule has 0 saturated carbocycles. The van der Waals surface area contributed by atoms with Crippen LogP contribution in [0.4, 0.5) is 0 Å². The first kappa shape index (κ1) is 10.1. The lowest BCUT2D eigenvalue weighted by Gasteiger charge is -2.27. The van der Waals surface area contributed by atoms with Gasteiger partial charge in [0.15, 0.2) is 0 Å². The first-order valence-corrected chi connectivity index (χ1v) is 6.15. The molecule has 0 amide bonds. The lowest BCUT2D eigenvalue weighted by molar-refractivity contribution is 0.0450. The van der Waals surface area contributed by atoms with E-state index in [0.717, 1.165) is 19.6 Å². The van der Waals surface area contributed by atoms with Crippen molar-refractivity contribution in [3.05, 3.63) is 22.4 Å². The van der Waals surface area contributed by atoms with Crippen molar-refractivity contribution in [2.24, 2.45) is 11.7 Å². The maximum atomic E-state index is 6.16. The topological polar surface area (TPSA) is 35.2 Å². The highest BCUT2D eigenvalue weighted by molar-refractivity contribution is 7.07. The molecule has 1 aliphatic heterocycles. The Morgan fingerprint density at radius 3 is 3.21 bits per heavy atom. The van der Waals surface area contributed by atoms with E-state index in [1.165, 1.54) is 18.4 Å². The van der Waals surface area contributed by atoms with Gasteiger partial charge in [-0.1, -0.05) is 0 Å². The van der Waals surface area contributed by atoms with E-state index in [1.807, 2.05) is 0 Å². The van der Waals surface area contributed by atoms with Crippen LogP contribution in [0.15, 0.2) is 16.8 Å². The Bertz CT molecular complexity index is 254. The standard InChI is InChI=1S/C11H17NOS/c12-11(6-9-3-5-14-8-9)10-2-1-4-13-7-10/h3,5,8,10-11H,1-2,4,6-7,12H2. The maximum Gasteiger partial charge on any atom is 0.0509 e. The van der Waals surface area contributed by atoms with Crippen LogP contribution in [0.5, 0.6) is 0 Å². The Morgan fingerprint density at radius 1 is 1.64 bits per heavy atom. The van der Waals surface area contributed by atoms with E-state index >= 15 is 0 Å². The van der Waals surface area contributed by atoms with Gasteiger partial charge in [0.25, 0.3) is 0 Å². The molecule has 2 heterocycles. The van der Waals surface area contributed by atoms with E-state index in [-0.39, 0.29) is 6.04 Å². The van der Waals surface area contributed by atoms with Gasteiger partial charge in [0.2, 0.25) is 0 Å². The average molecular weight is 211 g/mol. The molecular formula is C11H17NOS. The van der Waals surface area contributed by atoms with Gasteiger partial charge in [-0.05, 0) is 47.6 Å². The van der Waals surface area contributed by atoms with Crippen molar-refractivity contribution in [1.29, 1.82) is 0 Å². The number of ether oxygens (including phenoxy) is 1. The molecule has 2 unspecified atom stereocenters. The largest absolute Gasteiger partial charge is 0.381 e. The molecule has 0 aromatic carbocycles. The third kappa shape index (κ3) is 2.56. The summed E-state index contributed by atoms with van der Waals surface area (Å²) in [4.78, 5) is 0. The summed E-state index contributed by atoms with van der Waals surface area (Å²) in [7, 11) is 0. The third-order valence-electron chi connectivity index (χ3n) is 2.85. The van der Waals surface area contributed by atoms with Crippen LogP contribution in [0.1, 0.15) is 18.4 Å². The molecule has 1 aromatic rings. The molecule has 0 bridgehead atoms. The highest BCUT2D eigenvalue weighted by atomic mass is 32.1. The van der Waals surface area contributed by atoms with Gasteiger partial charge >= 0.3 is 0 Å². The number of rotatable bonds is 3. The second kappa shape index (κ2) is 4.91. The van der Waals surface area contributed by atoms with E-state index in [9.17, 15) is 0 Å². The molecule has 2 rings (SSSR count). The fraction of sp³-hybridized carbons (Fsp3) is 0.636. The zero-order valence-electron chi connectivity index (χ0n) is 8.32. The first-order valence-electron chi connectivity index (χ1n) is 5.20. The fourth-order valence-electron chi connectivity index (χ4n) is 1.95. The van der Waals surface area contributed by atoms with E-state index in [0.29, 0.717) is 5.92 Å². The lowest BCUT2D eigenvalue weighted by Crippen LogP contribution is -2.37. The highest BCUT2D eigenvalue weighted by Crippen LogP contribution is 2.19. The summed E-state index contributed by atoms with van der Waals surface area (Å²) in [6.07, 6.45) is 3.39. The summed E-state index contributed by atoms with van der Waals surface area (Å²) >= 11 is 1.74. The van der Waals surface area contributed by atoms with Crippen LogP contribution in [-0.4, -0.2) is 19.3 Å². The van der Waals surface area contributed by atoms with Gasteiger partial charge < -0.3 is 10.5 Å². The maximum absolute atomic E-state index is 6.16. The monoisotopic (exact) mass is 211 g/mol. The van der Waals surface area contributed by atoms with E-state index in [4.69, 9.17) is 10.5 Å². The Hall–Kier alpha value is -0.380. The second-order valence-corrected chi connectivity index (χ2v) is 4.76. The lowest BCUT2D eigenvalue weighted by atomic mass is 9.91. The van der Waals surface area contributed by atoms with Crippen LogP contribution in [0.25, 0.3) is 0 Å². The average Bonchev–Trinajstić information content (AvgIpc) is 2.72. The van der Waals surface area contributed by atoms with Crippen LogP contribution in [0, 0.1) is 5.92 Å². The summed E-state index contributed by atoms with van der Waals surface area (Å²) in [5.41, 5.74) is 7.53. The summed E-state index contributed by atoms with van der Waals surface area (Å²) in [6, 6.07) is 2.43. The van der Waals surface area contributed by atoms with Gasteiger partial charge in [-0.3, -0.25) is 0 Å². The molecule has 14 heavy (non-hydrogen) atoms. The predicted octanol–water partition coefficient (Wildman–Crippen LogP) is 2.04. The van der Waals surface area contributed by atoms with Gasteiger partial charge in [0.1, 0.15) is 0 Å². The van der Waals surface area contributed by atoms with Crippen molar-refractivity contribution in [3.63, 3.8) is 0 Å². The summed E-state index contributed by atoms with van der Waals surface area (Å²) in [6.45, 7) is 1.77. The zero-order valence-corrected chi connectivity index (χ0v) is 9.13. The van der Waals surface area contributed by atoms with Gasteiger partial charge in [-0.2, -0.15) is 11.3 Å². The molecule has 2 atom stereocenters. The number of hydrogen-bond donors (Lipinski definition) is 1. The van der Waals surface area contributed by atoms with Crippen LogP contribution >= 0.6 is 11.3 Å². The van der Waals surface area contributed by atoms with Gasteiger partial charge in [0, 0.05) is 12.6 Å². The predicted molar refractivity (Wildman–Crippen MR) is 59.5 cm³/mol. The van der Waals surface area contributed by atoms with Crippen molar-refractivity contribution in [3.8, 4) is 0 Å². The van der Waals surface area contributed by atoms with Crippen molar-refractivity contribution in [2.45, 2.75) is 25.3 Å². The van der Waals surface area contributed by atoms with Crippen LogP contribution < -0.4 is 5.73 Å². The molecule has 2 N–H and O–H groups in total. The summed E-state index contributed by atoms with van der Waals surface area (Å²) in [5.74, 6) is 0.559. The zero-order chi connectivity index (χ0) is 9.80. The molecule has 1 aromatic heterocycles. The minimum absolute atomic E-state index is 0.268. The minimum atomic E-state index is 0.268. The fourth-order valence-corrected chi connectivity index (χ4v) is 2.63. The SMILES string of the molecule is NC(Cc1ccsc1)C1CCCOC1. The van der Waals surface area contributed by atoms with E-state index < -0.39 is 0 Å². The van der Waals surface area contributed by atoms with Crippen LogP contribution in [0.2, 0.25) is 0 Å². The number of nitrogens with two attached hydrogens (primary N) is 1. The molecular weight excluding hydrogens is 194 g/mol. The molecule has 2 nitrogen and oxygen atoms in total. The number of thiophene rings is 1. The van der Waals surface area contributed by atoms with Gasteiger partial charge in [0.05, 0.1) is 6.61 Å². The molecule has 0 aliphatic carbocycles. The van der Waals surface area contributed by atoms with Crippen LogP contribution in [-0.2, 0) is 11.2 Å². The molecule has 1 saturated heterocycles. The molecule has 0 spiro atoms. The molecule has 1 aliphatic rings. The second-order valence-electron chi connectivity index (χ2n) is 3.98. The molecule has 1 fully saturated rings. The molecule has 3 heteroatoms. The highest BCUT2D eigenvalue weighted by Gasteiger charge is 2.21. The summed E-state index contributed by atoms with van der Waals surface area (Å²) in [5, 5.41) is 4.29. The smallest absolute Gasteiger partial charge is 0.0509 e. The molecule has 0 radical (unpaired) electrons. The van der Waals surface area contributed by atoms with Gasteiger partial charge in [-0.15, -0.1) is 0 Å². The quantitative estimate of drug-likeness (QED) is 0.830. The summed E-state index contributed by atoms with van der Waals surface area (Å²) < 4.78 is 5.45. The van der Waals surface area contributed by atoms with E-state index in [1.54, 1.807) is 11.3 Å². The molecule has 78 valence electrons. The van der Waals surface area contributed by atoms with Gasteiger partial charge in [-0.25, -0.2) is 0 Å². The van der Waals surface area contributed by atoms with Crippen molar-refractivity contribution < 1.29 is 4.74 Å². The van der Waals surface area contributed by atoms with Crippen LogP contribution in [0.3, 0.4) is 0 Å². The Kier molecular flexibility index (Phi) is 3.56. The minimum Gasteiger partial charge on any atom is -0.381 e. The normalized spacial score (nSPS) is 24.8. The van der Waals surface area contributed by atoms with E-state index in [2.05, 4.69) is 16.8 Å². The first-order chi connectivity index (χ1) is 6.86. The Morgan fingerprint density at radius 2 is 2.57 bits per heavy atom. The van der Waals surface area contributed by atoms with Crippen molar-refractivity contribution in [2.75, 3.05) is 13.2 Å². The third-order valence-corrected chi connectivity index (χ3v) is 3.58. The Balaban J connectivity index is 1.85. The number of hydrogen-bond acceptors (Lipinski definition) is 3. The van der Waals surface area contributed by atoms with Crippen molar-refractivity contribution >= 4 is 11.3 Å². The Labute approximate surface area is 89.1 Å².